The van der Waals surface area contributed by atoms with E-state index < -0.39 is 0 Å². The molecule has 1 aromatic rings. The normalized spacial score (nSPS) is 26.2. The molecular formula is C17H27N3O. The average molecular weight is 289 g/mol. The van der Waals surface area contributed by atoms with Crippen molar-refractivity contribution in [3.05, 3.63) is 17.7 Å². The number of hydrogen-bond acceptors (Lipinski definition) is 4. The Labute approximate surface area is 128 Å². The van der Waals surface area contributed by atoms with Crippen LogP contribution in [0.5, 0.6) is 5.75 Å². The third kappa shape index (κ3) is 2.69. The number of ether oxygens (including phenoxy) is 1. The predicted molar refractivity (Wildman–Crippen MR) is 88.7 cm³/mol. The Balaban J connectivity index is 1.93. The van der Waals surface area contributed by atoms with E-state index in [0.717, 1.165) is 31.8 Å². The lowest BCUT2D eigenvalue weighted by atomic mass is 10.0. The minimum Gasteiger partial charge on any atom is -0.495 e. The molecule has 0 bridgehead atoms. The van der Waals surface area contributed by atoms with E-state index in [2.05, 4.69) is 48.1 Å². The van der Waals surface area contributed by atoms with Crippen molar-refractivity contribution in [3.63, 3.8) is 0 Å². The topological polar surface area (TPSA) is 27.7 Å². The summed E-state index contributed by atoms with van der Waals surface area (Å²) in [5.41, 5.74) is 3.91. The highest BCUT2D eigenvalue weighted by atomic mass is 16.5. The van der Waals surface area contributed by atoms with Crippen LogP contribution in [0.2, 0.25) is 0 Å². The van der Waals surface area contributed by atoms with Gasteiger partial charge in [0.15, 0.2) is 0 Å². The average Bonchev–Trinajstić information content (AvgIpc) is 2.50. The maximum atomic E-state index is 5.68. The van der Waals surface area contributed by atoms with Gasteiger partial charge in [-0.15, -0.1) is 0 Å². The third-order valence-corrected chi connectivity index (χ3v) is 5.04. The molecule has 0 amide bonds. The number of piperazine rings is 1. The fraction of sp³-hybridized carbons (Fsp3) is 0.647. The van der Waals surface area contributed by atoms with Gasteiger partial charge in [0.25, 0.3) is 0 Å². The highest BCUT2D eigenvalue weighted by molar-refractivity contribution is 5.70. The minimum atomic E-state index is 0.558. The SMILES string of the molecule is COc1cc2c(cc1N1C[C@@H](C)N(C)[C@@H](C)C1)NCCC2. The summed E-state index contributed by atoms with van der Waals surface area (Å²) in [5, 5.41) is 3.53. The fourth-order valence-electron chi connectivity index (χ4n) is 3.50. The molecule has 0 aromatic heterocycles. The van der Waals surface area contributed by atoms with Crippen molar-refractivity contribution < 1.29 is 4.74 Å². The van der Waals surface area contributed by atoms with Crippen molar-refractivity contribution in [2.24, 2.45) is 0 Å². The first kappa shape index (κ1) is 14.5. The van der Waals surface area contributed by atoms with Crippen LogP contribution in [-0.2, 0) is 6.42 Å². The second kappa shape index (κ2) is 5.76. The molecule has 116 valence electrons. The van der Waals surface area contributed by atoms with Crippen LogP contribution in [0.4, 0.5) is 11.4 Å². The third-order valence-electron chi connectivity index (χ3n) is 5.04. The molecule has 4 heteroatoms. The molecule has 1 N–H and O–H groups in total. The molecule has 0 spiro atoms. The fourth-order valence-corrected chi connectivity index (χ4v) is 3.50. The van der Waals surface area contributed by atoms with Gasteiger partial charge in [0.2, 0.25) is 0 Å². The predicted octanol–water partition coefficient (Wildman–Crippen LogP) is 2.58. The number of fused-ring (bicyclic) bond motifs is 1. The van der Waals surface area contributed by atoms with Crippen LogP contribution < -0.4 is 15.0 Å². The molecule has 1 saturated heterocycles. The van der Waals surface area contributed by atoms with Crippen LogP contribution in [0.1, 0.15) is 25.8 Å². The summed E-state index contributed by atoms with van der Waals surface area (Å²) < 4.78 is 5.68. The molecule has 21 heavy (non-hydrogen) atoms. The van der Waals surface area contributed by atoms with Gasteiger partial charge in [-0.1, -0.05) is 0 Å². The molecular weight excluding hydrogens is 262 g/mol. The first-order valence-corrected chi connectivity index (χ1v) is 8.02. The molecule has 0 saturated carbocycles. The summed E-state index contributed by atoms with van der Waals surface area (Å²) in [6.45, 7) is 7.78. The summed E-state index contributed by atoms with van der Waals surface area (Å²) in [4.78, 5) is 4.93. The van der Waals surface area contributed by atoms with Crippen molar-refractivity contribution in [2.45, 2.75) is 38.8 Å². The van der Waals surface area contributed by atoms with Crippen LogP contribution >= 0.6 is 0 Å². The van der Waals surface area contributed by atoms with Crippen molar-refractivity contribution in [3.8, 4) is 5.75 Å². The highest BCUT2D eigenvalue weighted by Crippen LogP contribution is 2.37. The Morgan fingerprint density at radius 2 is 1.90 bits per heavy atom. The van der Waals surface area contributed by atoms with Crippen molar-refractivity contribution in [1.82, 2.24) is 4.90 Å². The summed E-state index contributed by atoms with van der Waals surface area (Å²) in [5.74, 6) is 1.02. The summed E-state index contributed by atoms with van der Waals surface area (Å²) in [6, 6.07) is 5.63. The number of hydrogen-bond donors (Lipinski definition) is 1. The largest absolute Gasteiger partial charge is 0.495 e. The Kier molecular flexibility index (Phi) is 3.98. The summed E-state index contributed by atoms with van der Waals surface area (Å²) >= 11 is 0. The lowest BCUT2D eigenvalue weighted by Crippen LogP contribution is -2.55. The standard InChI is InChI=1S/C17H27N3O/c1-12-10-20(11-13(2)19(12)3)16-9-15-14(6-5-7-18-15)8-17(16)21-4/h8-9,12-13,18H,5-7,10-11H2,1-4H3/t12-,13+. The van der Waals surface area contributed by atoms with E-state index in [1.54, 1.807) is 7.11 Å². The number of rotatable bonds is 2. The van der Waals surface area contributed by atoms with E-state index in [9.17, 15) is 0 Å². The second-order valence-corrected chi connectivity index (χ2v) is 6.48. The monoisotopic (exact) mass is 289 g/mol. The lowest BCUT2D eigenvalue weighted by molar-refractivity contribution is 0.169. The molecule has 1 fully saturated rings. The van der Waals surface area contributed by atoms with Crippen molar-refractivity contribution in [1.29, 1.82) is 0 Å². The van der Waals surface area contributed by atoms with Crippen molar-refractivity contribution in [2.75, 3.05) is 44.0 Å². The van der Waals surface area contributed by atoms with Gasteiger partial charge in [-0.05, 0) is 51.4 Å². The first-order chi connectivity index (χ1) is 10.1. The van der Waals surface area contributed by atoms with Crippen LogP contribution in [0.25, 0.3) is 0 Å². The Bertz CT molecular complexity index is 505. The number of benzene rings is 1. The molecule has 2 atom stereocenters. The quantitative estimate of drug-likeness (QED) is 0.905. The molecule has 0 unspecified atom stereocenters. The zero-order chi connectivity index (χ0) is 15.0. The zero-order valence-electron chi connectivity index (χ0n) is 13.6. The van der Waals surface area contributed by atoms with Crippen LogP contribution in [0, 0.1) is 0 Å². The van der Waals surface area contributed by atoms with E-state index >= 15 is 0 Å². The smallest absolute Gasteiger partial charge is 0.142 e. The van der Waals surface area contributed by atoms with E-state index in [1.807, 2.05) is 0 Å². The van der Waals surface area contributed by atoms with E-state index in [4.69, 9.17) is 4.74 Å². The molecule has 0 radical (unpaired) electrons. The van der Waals surface area contributed by atoms with Gasteiger partial charge < -0.3 is 15.0 Å². The molecule has 0 aliphatic carbocycles. The summed E-state index contributed by atoms with van der Waals surface area (Å²) in [7, 11) is 4.00. The van der Waals surface area contributed by atoms with Crippen LogP contribution in [0.3, 0.4) is 0 Å². The van der Waals surface area contributed by atoms with Crippen molar-refractivity contribution >= 4 is 11.4 Å². The minimum absolute atomic E-state index is 0.558. The molecule has 4 nitrogen and oxygen atoms in total. The second-order valence-electron chi connectivity index (χ2n) is 6.48. The number of likely N-dealkylation sites (N-methyl/N-ethyl adjacent to an activating group) is 1. The van der Waals surface area contributed by atoms with Gasteiger partial charge in [0.1, 0.15) is 5.75 Å². The molecule has 2 aliphatic rings. The molecule has 2 aliphatic heterocycles. The van der Waals surface area contributed by atoms with E-state index in [0.29, 0.717) is 12.1 Å². The van der Waals surface area contributed by atoms with E-state index in [-0.39, 0.29) is 0 Å². The number of nitrogens with one attached hydrogen (secondary N) is 1. The number of methoxy groups -OCH3 is 1. The lowest BCUT2D eigenvalue weighted by Gasteiger charge is -2.44. The van der Waals surface area contributed by atoms with Gasteiger partial charge in [-0.3, -0.25) is 4.90 Å². The zero-order valence-corrected chi connectivity index (χ0v) is 13.6. The van der Waals surface area contributed by atoms with Crippen LogP contribution in [-0.4, -0.2) is 50.8 Å². The Morgan fingerprint density at radius 1 is 1.19 bits per heavy atom. The van der Waals surface area contributed by atoms with Gasteiger partial charge in [-0.25, -0.2) is 0 Å². The van der Waals surface area contributed by atoms with E-state index in [1.165, 1.54) is 23.4 Å². The van der Waals surface area contributed by atoms with Crippen LogP contribution in [0.15, 0.2) is 12.1 Å². The molecule has 2 heterocycles. The molecule has 3 rings (SSSR count). The maximum absolute atomic E-state index is 5.68. The van der Waals surface area contributed by atoms with Gasteiger partial charge in [-0.2, -0.15) is 0 Å². The highest BCUT2D eigenvalue weighted by Gasteiger charge is 2.28. The van der Waals surface area contributed by atoms with Gasteiger partial charge in [0.05, 0.1) is 12.8 Å². The number of anilines is 2. The Hall–Kier alpha value is -1.42. The molecule has 1 aromatic carbocycles. The Morgan fingerprint density at radius 3 is 2.57 bits per heavy atom. The van der Waals surface area contributed by atoms with Gasteiger partial charge >= 0.3 is 0 Å². The first-order valence-electron chi connectivity index (χ1n) is 8.02. The number of nitrogens with zero attached hydrogens (tertiary/aromatic N) is 2. The summed E-state index contributed by atoms with van der Waals surface area (Å²) in [6.07, 6.45) is 2.35. The van der Waals surface area contributed by atoms with Gasteiger partial charge in [0, 0.05) is 37.4 Å². The maximum Gasteiger partial charge on any atom is 0.142 e. The number of aryl methyl sites for hydroxylation is 1.